The molecule has 3 heteroatoms. The second kappa shape index (κ2) is 7.10. The normalized spacial score (nSPS) is 14.8. The van der Waals surface area contributed by atoms with Crippen molar-refractivity contribution in [3.05, 3.63) is 34.6 Å². The molecule has 0 amide bonds. The van der Waals surface area contributed by atoms with Crippen molar-refractivity contribution in [1.82, 2.24) is 5.32 Å². The first-order chi connectivity index (χ1) is 8.45. The van der Waals surface area contributed by atoms with Crippen molar-refractivity contribution in [3.8, 4) is 0 Å². The molecule has 0 bridgehead atoms. The van der Waals surface area contributed by atoms with E-state index in [9.17, 15) is 4.39 Å². The summed E-state index contributed by atoms with van der Waals surface area (Å²) in [5, 5.41) is 3.68. The lowest BCUT2D eigenvalue weighted by Crippen LogP contribution is -2.37. The number of hydrogen-bond donors (Lipinski definition) is 1. The quantitative estimate of drug-likeness (QED) is 0.814. The molecule has 1 nitrogen and oxygen atoms in total. The summed E-state index contributed by atoms with van der Waals surface area (Å²) >= 11 is 5.83. The summed E-state index contributed by atoms with van der Waals surface area (Å²) < 4.78 is 13.1. The third-order valence-corrected chi connectivity index (χ3v) is 3.77. The van der Waals surface area contributed by atoms with E-state index in [2.05, 4.69) is 33.0 Å². The van der Waals surface area contributed by atoms with Gasteiger partial charge in [-0.1, -0.05) is 38.4 Å². The molecule has 0 aliphatic heterocycles. The van der Waals surface area contributed by atoms with Gasteiger partial charge in [0.1, 0.15) is 5.82 Å². The molecule has 0 aliphatic carbocycles. The fourth-order valence-corrected chi connectivity index (χ4v) is 2.61. The van der Waals surface area contributed by atoms with Gasteiger partial charge in [0.2, 0.25) is 0 Å². The first kappa shape index (κ1) is 15.5. The van der Waals surface area contributed by atoms with Crippen LogP contribution < -0.4 is 5.32 Å². The molecule has 2 unspecified atom stereocenters. The molecule has 0 fully saturated rings. The first-order valence-electron chi connectivity index (χ1n) is 6.63. The Kier molecular flexibility index (Phi) is 6.10. The number of halogens is 2. The van der Waals surface area contributed by atoms with Crippen LogP contribution in [-0.4, -0.2) is 12.6 Å². The standard InChI is InChI=1S/C15H23ClFN/c1-5-18-11(4)13(10(2)3)8-12-6-7-15(17)14(16)9-12/h6-7,9-11,13,18H,5,8H2,1-4H3. The minimum atomic E-state index is -0.346. The van der Waals surface area contributed by atoms with Gasteiger partial charge in [-0.2, -0.15) is 0 Å². The lowest BCUT2D eigenvalue weighted by molar-refractivity contribution is 0.292. The predicted molar refractivity (Wildman–Crippen MR) is 76.6 cm³/mol. The van der Waals surface area contributed by atoms with Crippen LogP contribution in [0.4, 0.5) is 4.39 Å². The molecule has 1 aromatic rings. The van der Waals surface area contributed by atoms with Crippen molar-refractivity contribution in [2.24, 2.45) is 11.8 Å². The van der Waals surface area contributed by atoms with E-state index in [0.717, 1.165) is 18.5 Å². The van der Waals surface area contributed by atoms with Gasteiger partial charge in [0.25, 0.3) is 0 Å². The van der Waals surface area contributed by atoms with E-state index in [1.165, 1.54) is 6.07 Å². The zero-order valence-electron chi connectivity index (χ0n) is 11.6. The fraction of sp³-hybridized carbons (Fsp3) is 0.600. The van der Waals surface area contributed by atoms with E-state index < -0.39 is 0 Å². The van der Waals surface area contributed by atoms with Gasteiger partial charge >= 0.3 is 0 Å². The van der Waals surface area contributed by atoms with E-state index in [0.29, 0.717) is 17.9 Å². The maximum absolute atomic E-state index is 13.1. The SMILES string of the molecule is CCNC(C)C(Cc1ccc(F)c(Cl)c1)C(C)C. The molecular formula is C15H23ClFN. The van der Waals surface area contributed by atoms with Crippen molar-refractivity contribution in [2.45, 2.75) is 40.2 Å². The summed E-state index contributed by atoms with van der Waals surface area (Å²) in [6.45, 7) is 9.74. The van der Waals surface area contributed by atoms with Crippen molar-refractivity contribution >= 4 is 11.6 Å². The number of rotatable bonds is 6. The number of nitrogens with one attached hydrogen (secondary N) is 1. The van der Waals surface area contributed by atoms with Crippen LogP contribution in [-0.2, 0) is 6.42 Å². The molecule has 1 rings (SSSR count). The molecule has 2 atom stereocenters. The molecule has 1 N–H and O–H groups in total. The molecule has 0 aromatic heterocycles. The van der Waals surface area contributed by atoms with Gasteiger partial charge < -0.3 is 5.32 Å². The summed E-state index contributed by atoms with van der Waals surface area (Å²) in [7, 11) is 0. The topological polar surface area (TPSA) is 12.0 Å². The molecule has 0 saturated heterocycles. The predicted octanol–water partition coefficient (Wildman–Crippen LogP) is 4.29. The Labute approximate surface area is 115 Å². The van der Waals surface area contributed by atoms with Crippen LogP contribution in [0.5, 0.6) is 0 Å². The molecule has 102 valence electrons. The van der Waals surface area contributed by atoms with Crippen LogP contribution in [0.15, 0.2) is 18.2 Å². The second-order valence-electron chi connectivity index (χ2n) is 5.21. The molecule has 18 heavy (non-hydrogen) atoms. The van der Waals surface area contributed by atoms with Crippen LogP contribution in [0, 0.1) is 17.7 Å². The molecule has 0 radical (unpaired) electrons. The number of hydrogen-bond acceptors (Lipinski definition) is 1. The van der Waals surface area contributed by atoms with Crippen LogP contribution in [0.3, 0.4) is 0 Å². The van der Waals surface area contributed by atoms with Gasteiger partial charge in [-0.05, 0) is 49.4 Å². The third kappa shape index (κ3) is 4.25. The van der Waals surface area contributed by atoms with Crippen LogP contribution in [0.2, 0.25) is 5.02 Å². The Morgan fingerprint density at radius 2 is 1.94 bits per heavy atom. The van der Waals surface area contributed by atoms with E-state index in [-0.39, 0.29) is 10.8 Å². The maximum Gasteiger partial charge on any atom is 0.141 e. The zero-order valence-corrected chi connectivity index (χ0v) is 12.4. The Hall–Kier alpha value is -0.600. The van der Waals surface area contributed by atoms with Gasteiger partial charge in [0.15, 0.2) is 0 Å². The van der Waals surface area contributed by atoms with Crippen LogP contribution >= 0.6 is 11.6 Å². The minimum Gasteiger partial charge on any atom is -0.314 e. The lowest BCUT2D eigenvalue weighted by atomic mass is 9.84. The number of benzene rings is 1. The average Bonchev–Trinajstić information content (AvgIpc) is 2.30. The largest absolute Gasteiger partial charge is 0.314 e. The van der Waals surface area contributed by atoms with E-state index in [1.54, 1.807) is 6.07 Å². The maximum atomic E-state index is 13.1. The molecule has 1 aromatic carbocycles. The average molecular weight is 272 g/mol. The lowest BCUT2D eigenvalue weighted by Gasteiger charge is -2.28. The van der Waals surface area contributed by atoms with Crippen molar-refractivity contribution in [3.63, 3.8) is 0 Å². The Bertz CT molecular complexity index is 379. The highest BCUT2D eigenvalue weighted by molar-refractivity contribution is 6.30. The Morgan fingerprint density at radius 3 is 2.44 bits per heavy atom. The minimum absolute atomic E-state index is 0.214. The molecule has 0 heterocycles. The van der Waals surface area contributed by atoms with E-state index >= 15 is 0 Å². The monoisotopic (exact) mass is 271 g/mol. The fourth-order valence-electron chi connectivity index (χ4n) is 2.40. The Morgan fingerprint density at radius 1 is 1.28 bits per heavy atom. The first-order valence-corrected chi connectivity index (χ1v) is 7.00. The molecule has 0 saturated carbocycles. The Balaban J connectivity index is 2.79. The van der Waals surface area contributed by atoms with Crippen molar-refractivity contribution in [1.29, 1.82) is 0 Å². The van der Waals surface area contributed by atoms with Gasteiger partial charge in [-0.15, -0.1) is 0 Å². The van der Waals surface area contributed by atoms with Gasteiger partial charge in [-0.25, -0.2) is 4.39 Å². The summed E-state index contributed by atoms with van der Waals surface area (Å²) in [4.78, 5) is 0. The summed E-state index contributed by atoms with van der Waals surface area (Å²) in [5.41, 5.74) is 1.10. The van der Waals surface area contributed by atoms with Crippen LogP contribution in [0.25, 0.3) is 0 Å². The molecule has 0 spiro atoms. The highest BCUT2D eigenvalue weighted by Gasteiger charge is 2.20. The molecular weight excluding hydrogens is 249 g/mol. The summed E-state index contributed by atoms with van der Waals surface area (Å²) in [6, 6.07) is 5.46. The van der Waals surface area contributed by atoms with Gasteiger partial charge in [-0.3, -0.25) is 0 Å². The summed E-state index contributed by atoms with van der Waals surface area (Å²) in [6.07, 6.45) is 0.922. The van der Waals surface area contributed by atoms with Crippen LogP contribution in [0.1, 0.15) is 33.3 Å². The van der Waals surface area contributed by atoms with Crippen molar-refractivity contribution in [2.75, 3.05) is 6.54 Å². The van der Waals surface area contributed by atoms with E-state index in [4.69, 9.17) is 11.6 Å². The summed E-state index contributed by atoms with van der Waals surface area (Å²) in [5.74, 6) is 0.746. The second-order valence-corrected chi connectivity index (χ2v) is 5.61. The van der Waals surface area contributed by atoms with Crippen molar-refractivity contribution < 1.29 is 4.39 Å². The van der Waals surface area contributed by atoms with Gasteiger partial charge in [0.05, 0.1) is 5.02 Å². The third-order valence-electron chi connectivity index (χ3n) is 3.48. The van der Waals surface area contributed by atoms with Gasteiger partial charge in [0, 0.05) is 6.04 Å². The smallest absolute Gasteiger partial charge is 0.141 e. The zero-order chi connectivity index (χ0) is 13.7. The molecule has 0 aliphatic rings. The highest BCUT2D eigenvalue weighted by Crippen LogP contribution is 2.24. The highest BCUT2D eigenvalue weighted by atomic mass is 35.5. The van der Waals surface area contributed by atoms with E-state index in [1.807, 2.05) is 6.07 Å².